The van der Waals surface area contributed by atoms with E-state index in [0.717, 1.165) is 48.4 Å². The number of fused-ring (bicyclic) bond motifs is 1. The maximum atomic E-state index is 9.26. The molecule has 3 rings (SSSR count). The van der Waals surface area contributed by atoms with Crippen molar-refractivity contribution in [3.63, 3.8) is 0 Å². The summed E-state index contributed by atoms with van der Waals surface area (Å²) in [5.41, 5.74) is 4.04. The van der Waals surface area contributed by atoms with Crippen molar-refractivity contribution in [1.82, 2.24) is 9.88 Å². The van der Waals surface area contributed by atoms with Crippen molar-refractivity contribution >= 4 is 22.8 Å². The van der Waals surface area contributed by atoms with Crippen LogP contribution < -0.4 is 5.32 Å². The number of nitrogens with zero attached hydrogens (tertiary/aromatic N) is 4. The standard InChI is InChI=1S/C16H18N6/c1-19-11-7-12-13(15(12)21-9-11)10-20-14(8-17)16(18)22-5-3-2-4-6-22/h7,9-10,18-19H,2-6H2,1H3/b13-10-,18-16?,20-14?. The third-order valence-electron chi connectivity index (χ3n) is 3.98. The number of hydrogen-bond acceptors (Lipinski definition) is 5. The zero-order chi connectivity index (χ0) is 15.5. The second-order valence-electron chi connectivity index (χ2n) is 5.40. The van der Waals surface area contributed by atoms with Crippen molar-refractivity contribution in [2.75, 3.05) is 25.5 Å². The molecule has 1 aliphatic carbocycles. The Morgan fingerprint density at radius 1 is 1.45 bits per heavy atom. The molecule has 0 atom stereocenters. The van der Waals surface area contributed by atoms with Gasteiger partial charge < -0.3 is 10.2 Å². The Kier molecular flexibility index (Phi) is 3.88. The molecule has 112 valence electrons. The van der Waals surface area contributed by atoms with Crippen LogP contribution in [0.4, 0.5) is 5.69 Å². The average molecular weight is 294 g/mol. The molecule has 6 nitrogen and oxygen atoms in total. The van der Waals surface area contributed by atoms with Crippen LogP contribution in [0.2, 0.25) is 0 Å². The molecule has 1 aromatic heterocycles. The van der Waals surface area contributed by atoms with Crippen LogP contribution in [0.5, 0.6) is 0 Å². The molecule has 2 aliphatic rings. The molecule has 1 fully saturated rings. The number of rotatable bonds is 3. The lowest BCUT2D eigenvalue weighted by atomic mass is 10.1. The van der Waals surface area contributed by atoms with Gasteiger partial charge in [-0.3, -0.25) is 10.4 Å². The lowest BCUT2D eigenvalue weighted by Gasteiger charge is -2.27. The van der Waals surface area contributed by atoms with E-state index in [1.165, 1.54) is 6.42 Å². The SMILES string of the molecule is CNc1cnc2c(c1)/C2=C/N=C(C#N)C(=N)N1CCCCC1. The molecule has 0 amide bonds. The highest BCUT2D eigenvalue weighted by Crippen LogP contribution is 2.41. The molecular formula is C16H18N6. The third kappa shape index (κ3) is 2.70. The summed E-state index contributed by atoms with van der Waals surface area (Å²) in [5, 5.41) is 20.4. The van der Waals surface area contributed by atoms with Gasteiger partial charge in [-0.2, -0.15) is 5.26 Å². The molecule has 0 unspecified atom stereocenters. The first kappa shape index (κ1) is 14.3. The normalized spacial score (nSPS) is 18.6. The molecule has 1 aromatic rings. The summed E-state index contributed by atoms with van der Waals surface area (Å²) >= 11 is 0. The molecule has 0 aromatic carbocycles. The lowest BCUT2D eigenvalue weighted by molar-refractivity contribution is 0.344. The van der Waals surface area contributed by atoms with Crippen LogP contribution in [0.3, 0.4) is 0 Å². The molecule has 22 heavy (non-hydrogen) atoms. The van der Waals surface area contributed by atoms with Crippen molar-refractivity contribution in [3.8, 4) is 6.07 Å². The molecule has 2 heterocycles. The maximum absolute atomic E-state index is 9.26. The lowest BCUT2D eigenvalue weighted by Crippen LogP contribution is -2.39. The second-order valence-corrected chi connectivity index (χ2v) is 5.40. The topological polar surface area (TPSA) is 88.2 Å². The zero-order valence-corrected chi connectivity index (χ0v) is 12.6. The van der Waals surface area contributed by atoms with E-state index in [0.29, 0.717) is 0 Å². The molecule has 2 N–H and O–H groups in total. The minimum absolute atomic E-state index is 0.168. The number of nitriles is 1. The van der Waals surface area contributed by atoms with Gasteiger partial charge >= 0.3 is 0 Å². The van der Waals surface area contributed by atoms with Gasteiger partial charge in [0, 0.05) is 37.5 Å². The van der Waals surface area contributed by atoms with Gasteiger partial charge in [0.05, 0.1) is 17.6 Å². The maximum Gasteiger partial charge on any atom is 0.182 e. The van der Waals surface area contributed by atoms with Crippen molar-refractivity contribution in [3.05, 3.63) is 29.7 Å². The number of pyridine rings is 1. The minimum atomic E-state index is 0.168. The van der Waals surface area contributed by atoms with Crippen molar-refractivity contribution in [2.45, 2.75) is 19.3 Å². The van der Waals surface area contributed by atoms with E-state index in [9.17, 15) is 5.26 Å². The molecule has 1 aliphatic heterocycles. The largest absolute Gasteiger partial charge is 0.387 e. The Morgan fingerprint density at radius 3 is 2.91 bits per heavy atom. The fourth-order valence-corrected chi connectivity index (χ4v) is 2.63. The molecule has 0 spiro atoms. The van der Waals surface area contributed by atoms with Crippen molar-refractivity contribution in [2.24, 2.45) is 4.99 Å². The number of anilines is 1. The highest BCUT2D eigenvalue weighted by molar-refractivity contribution is 6.46. The van der Waals surface area contributed by atoms with E-state index >= 15 is 0 Å². The van der Waals surface area contributed by atoms with Gasteiger partial charge in [-0.15, -0.1) is 0 Å². The van der Waals surface area contributed by atoms with E-state index in [1.54, 1.807) is 12.4 Å². The Morgan fingerprint density at radius 2 is 2.23 bits per heavy atom. The molecular weight excluding hydrogens is 276 g/mol. The predicted octanol–water partition coefficient (Wildman–Crippen LogP) is 2.25. The van der Waals surface area contributed by atoms with Crippen LogP contribution in [0, 0.1) is 16.7 Å². The van der Waals surface area contributed by atoms with E-state index in [1.807, 2.05) is 24.1 Å². The summed E-state index contributed by atoms with van der Waals surface area (Å²) in [7, 11) is 1.85. The molecule has 0 saturated carbocycles. The average Bonchev–Trinajstić information content (AvgIpc) is 3.28. The first-order valence-electron chi connectivity index (χ1n) is 7.45. The van der Waals surface area contributed by atoms with Crippen LogP contribution in [0.15, 0.2) is 23.5 Å². The first-order chi connectivity index (χ1) is 10.7. The Labute approximate surface area is 129 Å². The number of hydrogen-bond donors (Lipinski definition) is 2. The molecule has 6 heteroatoms. The molecule has 0 radical (unpaired) electrons. The minimum Gasteiger partial charge on any atom is -0.387 e. The van der Waals surface area contributed by atoms with Gasteiger partial charge in [-0.25, -0.2) is 4.99 Å². The van der Waals surface area contributed by atoms with Gasteiger partial charge in [0.2, 0.25) is 0 Å². The van der Waals surface area contributed by atoms with Crippen LogP contribution in [0.25, 0.3) is 5.57 Å². The van der Waals surface area contributed by atoms with Gasteiger partial charge in [-0.1, -0.05) is 0 Å². The number of aromatic nitrogens is 1. The van der Waals surface area contributed by atoms with E-state index in [-0.39, 0.29) is 11.5 Å². The quantitative estimate of drug-likeness (QED) is 0.671. The summed E-state index contributed by atoms with van der Waals surface area (Å²) in [6.07, 6.45) is 6.76. The van der Waals surface area contributed by atoms with Gasteiger partial charge in [0.25, 0.3) is 0 Å². The van der Waals surface area contributed by atoms with Crippen molar-refractivity contribution < 1.29 is 0 Å². The Bertz CT molecular complexity index is 704. The highest BCUT2D eigenvalue weighted by Gasteiger charge is 2.27. The summed E-state index contributed by atoms with van der Waals surface area (Å²) in [4.78, 5) is 10.5. The Balaban J connectivity index is 1.75. The number of likely N-dealkylation sites (tertiary alicyclic amines) is 1. The highest BCUT2D eigenvalue weighted by atomic mass is 15.2. The third-order valence-corrected chi connectivity index (χ3v) is 3.98. The number of amidine groups is 1. The monoisotopic (exact) mass is 294 g/mol. The van der Waals surface area contributed by atoms with Crippen LogP contribution >= 0.6 is 0 Å². The number of aliphatic imine (C=N–C) groups is 1. The summed E-state index contributed by atoms with van der Waals surface area (Å²) < 4.78 is 0. The molecule has 0 bridgehead atoms. The number of nitrogens with one attached hydrogen (secondary N) is 2. The summed E-state index contributed by atoms with van der Waals surface area (Å²) in [5.74, 6) is 0.229. The fraction of sp³-hybridized carbons (Fsp3) is 0.375. The number of piperidine rings is 1. The zero-order valence-electron chi connectivity index (χ0n) is 12.6. The summed E-state index contributed by atoms with van der Waals surface area (Å²) in [6, 6.07) is 4.04. The van der Waals surface area contributed by atoms with Gasteiger partial charge in [-0.05, 0) is 25.3 Å². The van der Waals surface area contributed by atoms with Crippen LogP contribution in [0.1, 0.15) is 30.5 Å². The van der Waals surface area contributed by atoms with E-state index in [4.69, 9.17) is 5.41 Å². The Hall–Kier alpha value is -2.68. The van der Waals surface area contributed by atoms with Crippen LogP contribution in [-0.4, -0.2) is 41.6 Å². The fourth-order valence-electron chi connectivity index (χ4n) is 2.63. The van der Waals surface area contributed by atoms with Gasteiger partial charge in [0.15, 0.2) is 11.5 Å². The summed E-state index contributed by atoms with van der Waals surface area (Å²) in [6.45, 7) is 1.67. The first-order valence-corrected chi connectivity index (χ1v) is 7.45. The van der Waals surface area contributed by atoms with E-state index < -0.39 is 0 Å². The second kappa shape index (κ2) is 5.98. The predicted molar refractivity (Wildman–Crippen MR) is 87.1 cm³/mol. The smallest absolute Gasteiger partial charge is 0.182 e. The van der Waals surface area contributed by atoms with Gasteiger partial charge in [0.1, 0.15) is 6.07 Å². The van der Waals surface area contributed by atoms with Crippen LogP contribution in [-0.2, 0) is 0 Å². The molecule has 1 saturated heterocycles. The van der Waals surface area contributed by atoms with E-state index in [2.05, 4.69) is 15.3 Å². The van der Waals surface area contributed by atoms with Crippen molar-refractivity contribution in [1.29, 1.82) is 10.7 Å².